The van der Waals surface area contributed by atoms with Crippen LogP contribution in [-0.2, 0) is 0 Å². The molecule has 0 fully saturated rings. The van der Waals surface area contributed by atoms with Crippen molar-refractivity contribution in [3.63, 3.8) is 0 Å². The molecule has 0 aliphatic carbocycles. The van der Waals surface area contributed by atoms with E-state index in [1.54, 1.807) is 6.08 Å². The standard InChI is InChI=1S/C13H17NO/c1-4-11(9-10(2)15)12-7-5-6-8-13(12)14-3/h5-9,14-15H,2,4H2,1,3H3/b11-9+. The number of hydrogen-bond donors (Lipinski definition) is 2. The smallest absolute Gasteiger partial charge is 0.108 e. The highest BCUT2D eigenvalue weighted by molar-refractivity contribution is 5.77. The van der Waals surface area contributed by atoms with Crippen LogP contribution in [0.2, 0.25) is 0 Å². The van der Waals surface area contributed by atoms with E-state index in [9.17, 15) is 5.11 Å². The van der Waals surface area contributed by atoms with Gasteiger partial charge in [-0.15, -0.1) is 0 Å². The fraction of sp³-hybridized carbons (Fsp3) is 0.231. The van der Waals surface area contributed by atoms with Crippen molar-refractivity contribution >= 4 is 11.3 Å². The number of rotatable bonds is 4. The second-order valence-electron chi connectivity index (χ2n) is 3.31. The van der Waals surface area contributed by atoms with Crippen molar-refractivity contribution in [2.45, 2.75) is 13.3 Å². The van der Waals surface area contributed by atoms with E-state index in [2.05, 4.69) is 18.8 Å². The average molecular weight is 203 g/mol. The molecule has 2 N–H and O–H groups in total. The third-order valence-corrected chi connectivity index (χ3v) is 2.26. The van der Waals surface area contributed by atoms with E-state index in [0.29, 0.717) is 0 Å². The van der Waals surface area contributed by atoms with Crippen molar-refractivity contribution < 1.29 is 5.11 Å². The zero-order valence-electron chi connectivity index (χ0n) is 9.25. The first-order chi connectivity index (χ1) is 7.19. The van der Waals surface area contributed by atoms with E-state index in [1.807, 2.05) is 31.3 Å². The molecule has 0 atom stereocenters. The van der Waals surface area contributed by atoms with Crippen molar-refractivity contribution in [1.82, 2.24) is 0 Å². The van der Waals surface area contributed by atoms with E-state index in [-0.39, 0.29) is 5.76 Å². The Morgan fingerprint density at radius 3 is 2.67 bits per heavy atom. The van der Waals surface area contributed by atoms with Gasteiger partial charge in [-0.2, -0.15) is 0 Å². The topological polar surface area (TPSA) is 32.3 Å². The number of aliphatic hydroxyl groups is 1. The predicted molar refractivity (Wildman–Crippen MR) is 66.0 cm³/mol. The Kier molecular flexibility index (Phi) is 3.98. The van der Waals surface area contributed by atoms with Gasteiger partial charge in [0.15, 0.2) is 0 Å². The third-order valence-electron chi connectivity index (χ3n) is 2.26. The van der Waals surface area contributed by atoms with Gasteiger partial charge >= 0.3 is 0 Å². The fourth-order valence-corrected chi connectivity index (χ4v) is 1.55. The largest absolute Gasteiger partial charge is 0.509 e. The molecule has 0 spiro atoms. The Bertz CT molecular complexity index is 380. The lowest BCUT2D eigenvalue weighted by atomic mass is 10.0. The normalized spacial score (nSPS) is 11.2. The first-order valence-electron chi connectivity index (χ1n) is 5.04. The molecular formula is C13H17NO. The minimum absolute atomic E-state index is 0.0951. The number of hydrogen-bond acceptors (Lipinski definition) is 2. The molecule has 0 saturated carbocycles. The quantitative estimate of drug-likeness (QED) is 0.579. The minimum atomic E-state index is 0.0951. The van der Waals surface area contributed by atoms with Gasteiger partial charge in [-0.25, -0.2) is 0 Å². The van der Waals surface area contributed by atoms with Gasteiger partial charge in [-0.1, -0.05) is 31.7 Å². The van der Waals surface area contributed by atoms with Gasteiger partial charge in [0.1, 0.15) is 5.76 Å². The monoisotopic (exact) mass is 203 g/mol. The highest BCUT2D eigenvalue weighted by Crippen LogP contribution is 2.26. The molecule has 0 aromatic heterocycles. The van der Waals surface area contributed by atoms with Crippen LogP contribution in [0.15, 0.2) is 42.7 Å². The van der Waals surface area contributed by atoms with Crippen LogP contribution in [0.5, 0.6) is 0 Å². The van der Waals surface area contributed by atoms with Crippen LogP contribution in [0.4, 0.5) is 5.69 Å². The van der Waals surface area contributed by atoms with Gasteiger partial charge in [0.05, 0.1) is 0 Å². The van der Waals surface area contributed by atoms with Crippen LogP contribution in [0.25, 0.3) is 5.57 Å². The molecule has 0 radical (unpaired) electrons. The highest BCUT2D eigenvalue weighted by Gasteiger charge is 2.04. The summed E-state index contributed by atoms with van der Waals surface area (Å²) in [5.41, 5.74) is 3.25. The lowest BCUT2D eigenvalue weighted by Gasteiger charge is -2.11. The lowest BCUT2D eigenvalue weighted by molar-refractivity contribution is 0.435. The Balaban J connectivity index is 3.17. The van der Waals surface area contributed by atoms with E-state index in [0.717, 1.165) is 23.2 Å². The minimum Gasteiger partial charge on any atom is -0.509 e. The molecular weight excluding hydrogens is 186 g/mol. The molecule has 0 unspecified atom stereocenters. The fourth-order valence-electron chi connectivity index (χ4n) is 1.55. The summed E-state index contributed by atoms with van der Waals surface area (Å²) in [7, 11) is 1.89. The second kappa shape index (κ2) is 5.25. The Labute approximate surface area is 91.0 Å². The summed E-state index contributed by atoms with van der Waals surface area (Å²) in [6.07, 6.45) is 2.56. The summed E-state index contributed by atoms with van der Waals surface area (Å²) in [6.45, 7) is 5.54. The molecule has 0 saturated heterocycles. The molecule has 0 bridgehead atoms. The summed E-state index contributed by atoms with van der Waals surface area (Å²) in [5, 5.41) is 12.3. The van der Waals surface area contributed by atoms with Crippen molar-refractivity contribution in [3.8, 4) is 0 Å². The maximum atomic E-state index is 9.19. The van der Waals surface area contributed by atoms with Gasteiger partial charge in [0.2, 0.25) is 0 Å². The Morgan fingerprint density at radius 1 is 1.47 bits per heavy atom. The number of allylic oxidation sites excluding steroid dienone is 2. The summed E-state index contributed by atoms with van der Waals surface area (Å²) in [4.78, 5) is 0. The van der Waals surface area contributed by atoms with Crippen LogP contribution in [0, 0.1) is 0 Å². The molecule has 2 nitrogen and oxygen atoms in total. The summed E-state index contributed by atoms with van der Waals surface area (Å²) < 4.78 is 0. The van der Waals surface area contributed by atoms with Crippen LogP contribution in [-0.4, -0.2) is 12.2 Å². The average Bonchev–Trinajstić information content (AvgIpc) is 2.25. The van der Waals surface area contributed by atoms with E-state index in [4.69, 9.17) is 0 Å². The molecule has 15 heavy (non-hydrogen) atoms. The third kappa shape index (κ3) is 2.88. The van der Waals surface area contributed by atoms with Gasteiger partial charge < -0.3 is 10.4 Å². The summed E-state index contributed by atoms with van der Waals surface area (Å²) >= 11 is 0. The molecule has 2 heteroatoms. The maximum absolute atomic E-state index is 9.19. The van der Waals surface area contributed by atoms with Crippen molar-refractivity contribution in [2.75, 3.05) is 12.4 Å². The van der Waals surface area contributed by atoms with Crippen LogP contribution < -0.4 is 5.32 Å². The van der Waals surface area contributed by atoms with Gasteiger partial charge in [-0.3, -0.25) is 0 Å². The van der Waals surface area contributed by atoms with E-state index in [1.165, 1.54) is 0 Å². The number of para-hydroxylation sites is 1. The van der Waals surface area contributed by atoms with Crippen LogP contribution in [0.1, 0.15) is 18.9 Å². The maximum Gasteiger partial charge on any atom is 0.108 e. The number of benzene rings is 1. The zero-order valence-corrected chi connectivity index (χ0v) is 9.25. The molecule has 0 heterocycles. The first kappa shape index (κ1) is 11.4. The highest BCUT2D eigenvalue weighted by atomic mass is 16.3. The molecule has 80 valence electrons. The van der Waals surface area contributed by atoms with Gasteiger partial charge in [0.25, 0.3) is 0 Å². The number of anilines is 1. The SMILES string of the molecule is C=C(O)/C=C(\CC)c1ccccc1NC. The summed E-state index contributed by atoms with van der Waals surface area (Å²) in [6, 6.07) is 8.01. The molecule has 1 aromatic carbocycles. The van der Waals surface area contributed by atoms with E-state index < -0.39 is 0 Å². The lowest BCUT2D eigenvalue weighted by Crippen LogP contribution is -1.94. The Morgan fingerprint density at radius 2 is 2.13 bits per heavy atom. The Hall–Kier alpha value is -1.70. The predicted octanol–water partition coefficient (Wildman–Crippen LogP) is 3.59. The number of aliphatic hydroxyl groups excluding tert-OH is 1. The van der Waals surface area contributed by atoms with Crippen LogP contribution in [0.3, 0.4) is 0 Å². The van der Waals surface area contributed by atoms with Crippen molar-refractivity contribution in [3.05, 3.63) is 48.2 Å². The van der Waals surface area contributed by atoms with Crippen molar-refractivity contribution in [1.29, 1.82) is 0 Å². The molecule has 0 aliphatic rings. The first-order valence-corrected chi connectivity index (χ1v) is 5.04. The molecule has 1 aromatic rings. The summed E-state index contributed by atoms with van der Waals surface area (Å²) in [5.74, 6) is 0.0951. The zero-order chi connectivity index (χ0) is 11.3. The molecule has 0 aliphatic heterocycles. The van der Waals surface area contributed by atoms with Crippen LogP contribution >= 0.6 is 0 Å². The molecule has 0 amide bonds. The van der Waals surface area contributed by atoms with Crippen molar-refractivity contribution in [2.24, 2.45) is 0 Å². The van der Waals surface area contributed by atoms with Gasteiger partial charge in [0, 0.05) is 18.3 Å². The van der Waals surface area contributed by atoms with Gasteiger partial charge in [-0.05, 0) is 24.1 Å². The second-order valence-corrected chi connectivity index (χ2v) is 3.31. The molecule has 1 rings (SSSR count). The number of nitrogens with one attached hydrogen (secondary N) is 1. The van der Waals surface area contributed by atoms with E-state index >= 15 is 0 Å².